The molecular weight excluding hydrogens is 288 g/mol. The van der Waals surface area contributed by atoms with Crippen molar-refractivity contribution in [2.45, 2.75) is 13.3 Å². The van der Waals surface area contributed by atoms with Crippen molar-refractivity contribution in [1.82, 2.24) is 9.97 Å². The van der Waals surface area contributed by atoms with E-state index in [1.165, 1.54) is 37.9 Å². The Bertz CT molecular complexity index is 890. The first-order chi connectivity index (χ1) is 10.8. The number of hydrogen-bond donors (Lipinski definition) is 2. The summed E-state index contributed by atoms with van der Waals surface area (Å²) >= 11 is 1.94. The van der Waals surface area contributed by atoms with E-state index in [1.807, 2.05) is 18.0 Å². The highest BCUT2D eigenvalue weighted by molar-refractivity contribution is 8.12. The first-order valence-corrected chi connectivity index (χ1v) is 8.42. The SMILES string of the molecule is Cc1[nH]cc(C2=C3C=CCC34C=CC=C4S2)c1-c1ccc[nH]1. The smallest absolute Gasteiger partial charge is 0.0493 e. The van der Waals surface area contributed by atoms with Gasteiger partial charge in [-0.25, -0.2) is 0 Å². The lowest BCUT2D eigenvalue weighted by Crippen LogP contribution is -2.11. The summed E-state index contributed by atoms with van der Waals surface area (Å²) in [6.45, 7) is 2.14. The molecule has 22 heavy (non-hydrogen) atoms. The highest BCUT2D eigenvalue weighted by Gasteiger charge is 2.46. The Morgan fingerprint density at radius 2 is 2.23 bits per heavy atom. The summed E-state index contributed by atoms with van der Waals surface area (Å²) in [7, 11) is 0. The summed E-state index contributed by atoms with van der Waals surface area (Å²) in [5.74, 6) is 0. The molecule has 2 aromatic heterocycles. The quantitative estimate of drug-likeness (QED) is 0.787. The fourth-order valence-electron chi connectivity index (χ4n) is 3.85. The summed E-state index contributed by atoms with van der Waals surface area (Å²) < 4.78 is 0. The van der Waals surface area contributed by atoms with E-state index in [-0.39, 0.29) is 5.41 Å². The lowest BCUT2D eigenvalue weighted by molar-refractivity contribution is 0.644. The largest absolute Gasteiger partial charge is 0.364 e. The molecule has 3 heteroatoms. The number of thioether (sulfide) groups is 1. The molecule has 2 nitrogen and oxygen atoms in total. The van der Waals surface area contributed by atoms with E-state index < -0.39 is 0 Å². The van der Waals surface area contributed by atoms with Crippen molar-refractivity contribution in [3.8, 4) is 11.3 Å². The predicted octanol–water partition coefficient (Wildman–Crippen LogP) is 5.18. The number of aromatic amines is 2. The molecule has 2 aliphatic carbocycles. The van der Waals surface area contributed by atoms with Crippen molar-refractivity contribution < 1.29 is 0 Å². The second-order valence-electron chi connectivity index (χ2n) is 6.10. The average Bonchev–Trinajstić information content (AvgIpc) is 3.24. The van der Waals surface area contributed by atoms with Crippen LogP contribution in [0.15, 0.2) is 65.4 Å². The van der Waals surface area contributed by atoms with Crippen LogP contribution in [0, 0.1) is 12.3 Å². The van der Waals surface area contributed by atoms with Crippen molar-refractivity contribution in [1.29, 1.82) is 0 Å². The lowest BCUT2D eigenvalue weighted by atomic mass is 9.82. The number of aromatic nitrogens is 2. The van der Waals surface area contributed by atoms with E-state index in [2.05, 4.69) is 65.6 Å². The summed E-state index contributed by atoms with van der Waals surface area (Å²) in [5.41, 5.74) is 6.60. The van der Waals surface area contributed by atoms with Crippen LogP contribution < -0.4 is 0 Å². The molecule has 0 saturated heterocycles. The molecule has 0 aromatic carbocycles. The van der Waals surface area contributed by atoms with Crippen molar-refractivity contribution >= 4 is 16.7 Å². The zero-order chi connectivity index (χ0) is 14.7. The summed E-state index contributed by atoms with van der Waals surface area (Å²) in [4.78, 5) is 9.64. The van der Waals surface area contributed by atoms with Gasteiger partial charge in [-0.05, 0) is 31.1 Å². The maximum atomic E-state index is 3.42. The molecule has 1 unspecified atom stereocenters. The standard InChI is InChI=1S/C19H16N2S/c1-12-17(15-6-4-10-20-15)13(11-21-12)18-14-5-2-8-19(14)9-3-7-16(19)22-18/h2-7,9-11,20-21H,8H2,1H3. The molecule has 0 amide bonds. The maximum Gasteiger partial charge on any atom is 0.0493 e. The summed E-state index contributed by atoms with van der Waals surface area (Å²) in [6, 6.07) is 4.20. The Balaban J connectivity index is 1.75. The zero-order valence-electron chi connectivity index (χ0n) is 12.3. The Morgan fingerprint density at radius 3 is 3.09 bits per heavy atom. The minimum absolute atomic E-state index is 0.137. The van der Waals surface area contributed by atoms with Crippen LogP contribution in [0.25, 0.3) is 16.2 Å². The van der Waals surface area contributed by atoms with Crippen LogP contribution >= 0.6 is 11.8 Å². The van der Waals surface area contributed by atoms with Gasteiger partial charge in [0.05, 0.1) is 0 Å². The number of hydrogen-bond acceptors (Lipinski definition) is 1. The van der Waals surface area contributed by atoms with Crippen LogP contribution in [-0.4, -0.2) is 9.97 Å². The third-order valence-corrected chi connectivity index (χ3v) is 6.28. The molecule has 2 N–H and O–H groups in total. The number of rotatable bonds is 2. The van der Waals surface area contributed by atoms with E-state index in [0.717, 1.165) is 6.42 Å². The zero-order valence-corrected chi connectivity index (χ0v) is 13.1. The molecule has 0 radical (unpaired) electrons. The minimum Gasteiger partial charge on any atom is -0.364 e. The van der Waals surface area contributed by atoms with E-state index >= 15 is 0 Å². The van der Waals surface area contributed by atoms with Crippen LogP contribution in [0.1, 0.15) is 17.7 Å². The van der Waals surface area contributed by atoms with Gasteiger partial charge in [0.15, 0.2) is 0 Å². The van der Waals surface area contributed by atoms with Gasteiger partial charge in [0.1, 0.15) is 0 Å². The van der Waals surface area contributed by atoms with E-state index in [1.54, 1.807) is 0 Å². The number of aryl methyl sites for hydroxylation is 1. The monoisotopic (exact) mass is 304 g/mol. The number of nitrogens with one attached hydrogen (secondary N) is 2. The fraction of sp³-hybridized carbons (Fsp3) is 0.158. The molecule has 1 spiro atoms. The Kier molecular flexibility index (Phi) is 2.37. The minimum atomic E-state index is 0.137. The second-order valence-corrected chi connectivity index (χ2v) is 7.15. The topological polar surface area (TPSA) is 31.6 Å². The van der Waals surface area contributed by atoms with Gasteiger partial charge in [-0.2, -0.15) is 0 Å². The third kappa shape index (κ3) is 1.42. The first kappa shape index (κ1) is 12.4. The van der Waals surface area contributed by atoms with Crippen LogP contribution in [0.2, 0.25) is 0 Å². The van der Waals surface area contributed by atoms with Gasteiger partial charge in [-0.15, -0.1) is 0 Å². The van der Waals surface area contributed by atoms with Gasteiger partial charge in [-0.3, -0.25) is 0 Å². The van der Waals surface area contributed by atoms with E-state index in [0.29, 0.717) is 0 Å². The Hall–Kier alpha value is -2.13. The lowest BCUT2D eigenvalue weighted by Gasteiger charge is -2.20. The van der Waals surface area contributed by atoms with Crippen LogP contribution in [0.5, 0.6) is 0 Å². The maximum absolute atomic E-state index is 3.42. The molecule has 3 heterocycles. The predicted molar refractivity (Wildman–Crippen MR) is 93.2 cm³/mol. The van der Waals surface area contributed by atoms with Crippen LogP contribution in [0.4, 0.5) is 0 Å². The second kappa shape index (κ2) is 4.20. The first-order valence-electron chi connectivity index (χ1n) is 7.61. The number of H-pyrrole nitrogens is 2. The van der Waals surface area contributed by atoms with E-state index in [9.17, 15) is 0 Å². The average molecular weight is 304 g/mol. The number of allylic oxidation sites excluding steroid dienone is 7. The molecule has 5 rings (SSSR count). The highest BCUT2D eigenvalue weighted by Crippen LogP contribution is 2.64. The highest BCUT2D eigenvalue weighted by atomic mass is 32.2. The molecule has 3 aliphatic rings. The van der Waals surface area contributed by atoms with Crippen molar-refractivity contribution in [3.63, 3.8) is 0 Å². The molecule has 0 bridgehead atoms. The normalized spacial score (nSPS) is 25.0. The van der Waals surface area contributed by atoms with Crippen molar-refractivity contribution in [2.75, 3.05) is 0 Å². The Morgan fingerprint density at radius 1 is 1.27 bits per heavy atom. The molecule has 108 valence electrons. The van der Waals surface area contributed by atoms with Crippen LogP contribution in [-0.2, 0) is 0 Å². The van der Waals surface area contributed by atoms with Crippen molar-refractivity contribution in [3.05, 3.63) is 76.6 Å². The van der Waals surface area contributed by atoms with Gasteiger partial charge >= 0.3 is 0 Å². The van der Waals surface area contributed by atoms with Crippen LogP contribution in [0.3, 0.4) is 0 Å². The molecule has 0 saturated carbocycles. The molecule has 2 aromatic rings. The Labute approximate surface area is 133 Å². The molecular formula is C19H16N2S. The van der Waals surface area contributed by atoms with Crippen molar-refractivity contribution in [2.24, 2.45) is 5.41 Å². The third-order valence-electron chi connectivity index (χ3n) is 4.92. The molecule has 1 aliphatic heterocycles. The van der Waals surface area contributed by atoms with Gasteiger partial charge < -0.3 is 9.97 Å². The van der Waals surface area contributed by atoms with Gasteiger partial charge in [0.2, 0.25) is 0 Å². The fourth-order valence-corrected chi connectivity index (χ4v) is 5.29. The van der Waals surface area contributed by atoms with Gasteiger partial charge in [-0.1, -0.05) is 42.1 Å². The summed E-state index contributed by atoms with van der Waals surface area (Å²) in [5, 5.41) is 0. The van der Waals surface area contributed by atoms with E-state index in [4.69, 9.17) is 0 Å². The van der Waals surface area contributed by atoms with Gasteiger partial charge in [0, 0.05) is 50.1 Å². The molecule has 1 atom stereocenters. The molecule has 0 fully saturated rings. The summed E-state index contributed by atoms with van der Waals surface area (Å²) in [6.07, 6.45) is 16.7. The van der Waals surface area contributed by atoms with Gasteiger partial charge in [0.25, 0.3) is 0 Å².